The zero-order chi connectivity index (χ0) is 15.4. The highest BCUT2D eigenvalue weighted by Gasteiger charge is 2.26. The van der Waals surface area contributed by atoms with Gasteiger partial charge in [-0.05, 0) is 19.1 Å². The number of aryl methyl sites for hydroxylation is 1. The highest BCUT2D eigenvalue weighted by Crippen LogP contribution is 2.25. The highest BCUT2D eigenvalue weighted by molar-refractivity contribution is 5.95. The third-order valence-electron chi connectivity index (χ3n) is 2.83. The Bertz CT molecular complexity index is 707. The number of carbonyl (C=O) groups excluding carboxylic acids is 2. The smallest absolute Gasteiger partial charge is 0.343 e. The molecule has 0 aliphatic carbocycles. The minimum atomic E-state index is -0.769. The lowest BCUT2D eigenvalue weighted by Gasteiger charge is -2.03. The van der Waals surface area contributed by atoms with Crippen LogP contribution >= 0.6 is 0 Å². The van der Waals surface area contributed by atoms with Crippen molar-refractivity contribution in [2.24, 2.45) is 0 Å². The van der Waals surface area contributed by atoms with Gasteiger partial charge in [0.05, 0.1) is 0 Å². The standard InChI is InChI=1S/C14H13N3O4/c1-9-12(14(19)20-8-11(18)16-2)10(7-15)13(21-9)17-5-3-4-6-17/h3-6H,8H2,1-2H3,(H,16,18). The van der Waals surface area contributed by atoms with E-state index in [-0.39, 0.29) is 22.8 Å². The summed E-state index contributed by atoms with van der Waals surface area (Å²) < 4.78 is 11.9. The summed E-state index contributed by atoms with van der Waals surface area (Å²) in [6, 6.07) is 5.47. The molecular formula is C14H13N3O4. The van der Waals surface area contributed by atoms with Gasteiger partial charge in [-0.1, -0.05) is 0 Å². The lowest BCUT2D eigenvalue weighted by Crippen LogP contribution is -2.25. The fourth-order valence-corrected chi connectivity index (χ4v) is 1.81. The minimum absolute atomic E-state index is 0.0325. The molecule has 2 aromatic rings. The van der Waals surface area contributed by atoms with Crippen LogP contribution in [0.5, 0.6) is 0 Å². The third kappa shape index (κ3) is 2.79. The number of amides is 1. The van der Waals surface area contributed by atoms with Crippen molar-refractivity contribution in [2.45, 2.75) is 6.92 Å². The maximum atomic E-state index is 12.0. The van der Waals surface area contributed by atoms with Crippen LogP contribution in [0.3, 0.4) is 0 Å². The topological polar surface area (TPSA) is 97.3 Å². The second-order valence-corrected chi connectivity index (χ2v) is 4.16. The van der Waals surface area contributed by atoms with E-state index in [1.165, 1.54) is 7.05 Å². The van der Waals surface area contributed by atoms with Gasteiger partial charge in [0.15, 0.2) is 6.61 Å². The van der Waals surface area contributed by atoms with E-state index in [0.29, 0.717) is 0 Å². The number of furan rings is 1. The maximum Gasteiger partial charge on any atom is 0.343 e. The van der Waals surface area contributed by atoms with E-state index in [1.54, 1.807) is 36.0 Å². The number of nitriles is 1. The molecule has 0 saturated carbocycles. The van der Waals surface area contributed by atoms with Gasteiger partial charge in [0.25, 0.3) is 5.91 Å². The summed E-state index contributed by atoms with van der Waals surface area (Å²) in [6.45, 7) is 1.15. The van der Waals surface area contributed by atoms with Crippen molar-refractivity contribution < 1.29 is 18.7 Å². The molecule has 0 spiro atoms. The fraction of sp³-hybridized carbons (Fsp3) is 0.214. The Kier molecular flexibility index (Phi) is 4.09. The number of ether oxygens (including phenoxy) is 1. The van der Waals surface area contributed by atoms with E-state index in [2.05, 4.69) is 5.32 Å². The number of hydrogen-bond acceptors (Lipinski definition) is 5. The van der Waals surface area contributed by atoms with Gasteiger partial charge in [-0.25, -0.2) is 4.79 Å². The molecule has 0 atom stereocenters. The summed E-state index contributed by atoms with van der Waals surface area (Å²) in [7, 11) is 1.43. The highest BCUT2D eigenvalue weighted by atomic mass is 16.5. The Morgan fingerprint density at radius 3 is 2.67 bits per heavy atom. The third-order valence-corrected chi connectivity index (χ3v) is 2.83. The average molecular weight is 287 g/mol. The monoisotopic (exact) mass is 287 g/mol. The maximum absolute atomic E-state index is 12.0. The number of esters is 1. The average Bonchev–Trinajstić information content (AvgIpc) is 3.11. The molecule has 0 fully saturated rings. The van der Waals surface area contributed by atoms with Crippen LogP contribution in [0.1, 0.15) is 21.7 Å². The molecule has 0 unspecified atom stereocenters. The van der Waals surface area contributed by atoms with Gasteiger partial charge < -0.3 is 14.5 Å². The first-order chi connectivity index (χ1) is 10.1. The Balaban J connectivity index is 2.34. The van der Waals surface area contributed by atoms with Crippen molar-refractivity contribution in [1.29, 1.82) is 5.26 Å². The summed E-state index contributed by atoms with van der Waals surface area (Å²) in [5, 5.41) is 11.6. The largest absolute Gasteiger partial charge is 0.452 e. The van der Waals surface area contributed by atoms with Crippen molar-refractivity contribution in [1.82, 2.24) is 9.88 Å². The number of likely N-dealkylation sites (N-methyl/N-ethyl adjacent to an activating group) is 1. The number of nitrogens with zero attached hydrogens (tertiary/aromatic N) is 2. The predicted molar refractivity (Wildman–Crippen MR) is 71.8 cm³/mol. The summed E-state index contributed by atoms with van der Waals surface area (Å²) in [4.78, 5) is 23.1. The molecule has 0 bridgehead atoms. The molecule has 7 heteroatoms. The zero-order valence-electron chi connectivity index (χ0n) is 11.5. The van der Waals surface area contributed by atoms with Crippen molar-refractivity contribution in [2.75, 3.05) is 13.7 Å². The molecule has 7 nitrogen and oxygen atoms in total. The van der Waals surface area contributed by atoms with Crippen LogP contribution < -0.4 is 5.32 Å². The summed E-state index contributed by atoms with van der Waals surface area (Å²) in [6.07, 6.45) is 3.39. The fourth-order valence-electron chi connectivity index (χ4n) is 1.81. The predicted octanol–water partition coefficient (Wildman–Crippen LogP) is 1.15. The number of rotatable bonds is 4. The first-order valence-electron chi connectivity index (χ1n) is 6.13. The number of nitrogens with one attached hydrogen (secondary N) is 1. The van der Waals surface area contributed by atoms with Crippen molar-refractivity contribution in [3.8, 4) is 12.0 Å². The van der Waals surface area contributed by atoms with Crippen LogP contribution in [0.2, 0.25) is 0 Å². The molecule has 108 valence electrons. The SMILES string of the molecule is CNC(=O)COC(=O)c1c(C)oc(-n2cccc2)c1C#N. The van der Waals surface area contributed by atoms with Gasteiger partial charge in [-0.2, -0.15) is 5.26 Å². The number of hydrogen-bond donors (Lipinski definition) is 1. The van der Waals surface area contributed by atoms with Crippen molar-refractivity contribution in [3.05, 3.63) is 41.4 Å². The van der Waals surface area contributed by atoms with E-state index in [9.17, 15) is 14.9 Å². The van der Waals surface area contributed by atoms with Crippen LogP contribution in [0.25, 0.3) is 5.88 Å². The Hall–Kier alpha value is -3.01. The molecule has 2 aromatic heterocycles. The van der Waals surface area contributed by atoms with E-state index in [1.807, 2.05) is 6.07 Å². The van der Waals surface area contributed by atoms with Crippen LogP contribution in [0, 0.1) is 18.3 Å². The van der Waals surface area contributed by atoms with Gasteiger partial charge in [0, 0.05) is 19.4 Å². The Labute approximate surface area is 120 Å². The second kappa shape index (κ2) is 5.96. The van der Waals surface area contributed by atoms with Crippen molar-refractivity contribution >= 4 is 11.9 Å². The lowest BCUT2D eigenvalue weighted by atomic mass is 10.1. The summed E-state index contributed by atoms with van der Waals surface area (Å²) >= 11 is 0. The van der Waals surface area contributed by atoms with Crippen LogP contribution in [0.15, 0.2) is 28.9 Å². The molecule has 0 aromatic carbocycles. The molecule has 0 radical (unpaired) electrons. The molecular weight excluding hydrogens is 274 g/mol. The molecule has 0 saturated heterocycles. The van der Waals surface area contributed by atoms with Gasteiger partial charge in [-0.15, -0.1) is 0 Å². The second-order valence-electron chi connectivity index (χ2n) is 4.16. The number of aromatic nitrogens is 1. The van der Waals surface area contributed by atoms with Gasteiger partial charge in [-0.3, -0.25) is 9.36 Å². The molecule has 2 rings (SSSR count). The summed E-state index contributed by atoms with van der Waals surface area (Å²) in [5.41, 5.74) is 0.107. The van der Waals surface area contributed by atoms with E-state index < -0.39 is 18.5 Å². The molecule has 21 heavy (non-hydrogen) atoms. The molecule has 0 aliphatic rings. The van der Waals surface area contributed by atoms with Crippen LogP contribution in [-0.2, 0) is 9.53 Å². The van der Waals surface area contributed by atoms with E-state index in [0.717, 1.165) is 0 Å². The quantitative estimate of drug-likeness (QED) is 0.851. The zero-order valence-corrected chi connectivity index (χ0v) is 11.5. The van der Waals surface area contributed by atoms with Gasteiger partial charge in [0.1, 0.15) is 23.0 Å². The summed E-state index contributed by atoms with van der Waals surface area (Å²) in [5.74, 6) is -0.701. The van der Waals surface area contributed by atoms with Crippen LogP contribution in [-0.4, -0.2) is 30.1 Å². The molecule has 1 N–H and O–H groups in total. The first kappa shape index (κ1) is 14.4. The molecule has 0 aliphatic heterocycles. The minimum Gasteiger partial charge on any atom is -0.452 e. The van der Waals surface area contributed by atoms with Gasteiger partial charge >= 0.3 is 5.97 Å². The first-order valence-corrected chi connectivity index (χ1v) is 6.13. The van der Waals surface area contributed by atoms with Crippen LogP contribution in [0.4, 0.5) is 0 Å². The molecule has 1 amide bonds. The van der Waals surface area contributed by atoms with E-state index in [4.69, 9.17) is 9.15 Å². The normalized spacial score (nSPS) is 9.95. The Morgan fingerprint density at radius 2 is 2.10 bits per heavy atom. The van der Waals surface area contributed by atoms with E-state index >= 15 is 0 Å². The lowest BCUT2D eigenvalue weighted by molar-refractivity contribution is -0.123. The van der Waals surface area contributed by atoms with Crippen molar-refractivity contribution in [3.63, 3.8) is 0 Å². The Morgan fingerprint density at radius 1 is 1.43 bits per heavy atom. The van der Waals surface area contributed by atoms with Gasteiger partial charge in [0.2, 0.25) is 5.88 Å². The molecule has 2 heterocycles. The number of carbonyl (C=O) groups is 2.